The summed E-state index contributed by atoms with van der Waals surface area (Å²) in [6.07, 6.45) is 6.32. The lowest BCUT2D eigenvalue weighted by atomic mass is 9.88. The molecule has 152 valence electrons. The Balaban J connectivity index is 1.75. The minimum absolute atomic E-state index is 0.0993. The molecule has 10 heteroatoms. The number of H-pyrrole nitrogens is 1. The zero-order valence-electron chi connectivity index (χ0n) is 16.0. The van der Waals surface area contributed by atoms with Crippen LogP contribution < -0.4 is 0 Å². The molecule has 0 atom stereocenters. The number of hydrogen-bond acceptors (Lipinski definition) is 5. The summed E-state index contributed by atoms with van der Waals surface area (Å²) in [5.41, 5.74) is 1.96. The molecule has 0 unspecified atom stereocenters. The summed E-state index contributed by atoms with van der Waals surface area (Å²) in [5, 5.41) is 11.0. The number of hydrogen-bond donors (Lipinski definition) is 1. The van der Waals surface area contributed by atoms with E-state index in [1.165, 1.54) is 22.8 Å². The van der Waals surface area contributed by atoms with Crippen molar-refractivity contribution < 1.29 is 12.8 Å². The van der Waals surface area contributed by atoms with Gasteiger partial charge in [0.2, 0.25) is 10.0 Å². The van der Waals surface area contributed by atoms with Crippen molar-refractivity contribution in [2.45, 2.75) is 12.0 Å². The Morgan fingerprint density at radius 1 is 1.27 bits per heavy atom. The number of benzene rings is 1. The average Bonchev–Trinajstić information content (AvgIpc) is 3.28. The number of nitriles is 1. The number of rotatable bonds is 4. The molecule has 8 nitrogen and oxygen atoms in total. The van der Waals surface area contributed by atoms with Crippen molar-refractivity contribution in [3.05, 3.63) is 48.8 Å². The number of fused-ring (bicyclic) bond motifs is 2. The summed E-state index contributed by atoms with van der Waals surface area (Å²) in [7, 11) is -3.38. The topological polar surface area (TPSA) is 108 Å². The van der Waals surface area contributed by atoms with Crippen LogP contribution in [0, 0.1) is 17.1 Å². The zero-order valence-corrected chi connectivity index (χ0v) is 16.8. The van der Waals surface area contributed by atoms with Gasteiger partial charge in [0.25, 0.3) is 0 Å². The largest absolute Gasteiger partial charge is 0.346 e. The van der Waals surface area contributed by atoms with Crippen LogP contribution in [0.1, 0.15) is 6.42 Å². The molecule has 4 heterocycles. The molecule has 0 radical (unpaired) electrons. The van der Waals surface area contributed by atoms with Crippen LogP contribution in [0.3, 0.4) is 0 Å². The van der Waals surface area contributed by atoms with Crippen molar-refractivity contribution in [1.82, 2.24) is 23.8 Å². The van der Waals surface area contributed by atoms with Gasteiger partial charge in [-0.15, -0.1) is 0 Å². The Bertz CT molecular complexity index is 1440. The molecule has 0 bridgehead atoms. The van der Waals surface area contributed by atoms with Crippen LogP contribution >= 0.6 is 0 Å². The Hall–Kier alpha value is -3.29. The van der Waals surface area contributed by atoms with Crippen LogP contribution in [0.25, 0.3) is 33.2 Å². The lowest BCUT2D eigenvalue weighted by Crippen LogP contribution is -2.63. The number of halogens is 1. The van der Waals surface area contributed by atoms with Gasteiger partial charge in [-0.25, -0.2) is 22.8 Å². The monoisotopic (exact) mass is 424 g/mol. The molecule has 30 heavy (non-hydrogen) atoms. The first kappa shape index (κ1) is 18.7. The van der Waals surface area contributed by atoms with Crippen LogP contribution in [0.15, 0.2) is 43.0 Å². The summed E-state index contributed by atoms with van der Waals surface area (Å²) >= 11 is 0. The highest BCUT2D eigenvalue weighted by atomic mass is 32.2. The Morgan fingerprint density at radius 2 is 2.07 bits per heavy atom. The number of nitrogens with one attached hydrogen (secondary N) is 1. The van der Waals surface area contributed by atoms with Crippen LogP contribution in [-0.4, -0.2) is 51.6 Å². The van der Waals surface area contributed by atoms with E-state index in [2.05, 4.69) is 21.0 Å². The van der Waals surface area contributed by atoms with Gasteiger partial charge < -0.3 is 9.55 Å². The summed E-state index contributed by atoms with van der Waals surface area (Å²) < 4.78 is 41.2. The summed E-state index contributed by atoms with van der Waals surface area (Å²) in [5.74, 6) is -0.408. The van der Waals surface area contributed by atoms with Crippen LogP contribution in [0.4, 0.5) is 4.39 Å². The molecule has 1 fully saturated rings. The van der Waals surface area contributed by atoms with Gasteiger partial charge in [0.05, 0.1) is 35.5 Å². The van der Waals surface area contributed by atoms with Gasteiger partial charge in [-0.05, 0) is 24.3 Å². The molecular weight excluding hydrogens is 407 g/mol. The normalized spacial score (nSPS) is 16.6. The molecule has 0 spiro atoms. The third-order valence-electron chi connectivity index (χ3n) is 5.71. The van der Waals surface area contributed by atoms with E-state index in [1.54, 1.807) is 12.3 Å². The standard InChI is InChI=1S/C20H17FN6O2S/c1-30(28,29)26-10-20(11-26,5-6-22)27-9-16(14-3-2-13(21)8-17(14)27)18-15-4-7-23-19(15)25-12-24-18/h2-4,7-9,12H,5,10-11H2,1H3,(H,23,24,25). The van der Waals surface area contributed by atoms with Gasteiger partial charge in [-0.2, -0.15) is 9.57 Å². The van der Waals surface area contributed by atoms with Crippen LogP contribution in [0.5, 0.6) is 0 Å². The predicted molar refractivity (Wildman–Crippen MR) is 109 cm³/mol. The number of aromatic nitrogens is 4. The summed E-state index contributed by atoms with van der Waals surface area (Å²) in [6.45, 7) is 0.310. The molecule has 1 N–H and O–H groups in total. The molecule has 4 aromatic rings. The average molecular weight is 424 g/mol. The SMILES string of the molecule is CS(=O)(=O)N1CC(CC#N)(n2cc(-c3ncnc4[nH]ccc34)c3ccc(F)cc32)C1. The van der Waals surface area contributed by atoms with Crippen LogP contribution in [-0.2, 0) is 15.6 Å². The van der Waals surface area contributed by atoms with Gasteiger partial charge in [0.15, 0.2) is 0 Å². The maximum absolute atomic E-state index is 14.2. The second-order valence-corrected chi connectivity index (χ2v) is 9.61. The Morgan fingerprint density at radius 3 is 2.80 bits per heavy atom. The van der Waals surface area contributed by atoms with E-state index >= 15 is 0 Å². The van der Waals surface area contributed by atoms with Gasteiger partial charge in [0, 0.05) is 41.8 Å². The van der Waals surface area contributed by atoms with Crippen molar-refractivity contribution in [2.24, 2.45) is 0 Å². The quantitative estimate of drug-likeness (QED) is 0.542. The van der Waals surface area contributed by atoms with Crippen molar-refractivity contribution in [1.29, 1.82) is 5.26 Å². The first-order valence-corrected chi connectivity index (χ1v) is 11.1. The van der Waals surface area contributed by atoms with Gasteiger partial charge >= 0.3 is 0 Å². The second kappa shape index (κ2) is 6.35. The van der Waals surface area contributed by atoms with E-state index < -0.39 is 21.4 Å². The molecule has 3 aromatic heterocycles. The van der Waals surface area contributed by atoms with E-state index in [9.17, 15) is 18.1 Å². The Labute approximate surface area is 171 Å². The van der Waals surface area contributed by atoms with Gasteiger partial charge in [-0.1, -0.05) is 0 Å². The van der Waals surface area contributed by atoms with E-state index in [1.807, 2.05) is 16.8 Å². The first-order valence-electron chi connectivity index (χ1n) is 9.24. The number of nitrogens with zero attached hydrogens (tertiary/aromatic N) is 5. The first-order chi connectivity index (χ1) is 14.3. The molecule has 1 aliphatic heterocycles. The van der Waals surface area contributed by atoms with E-state index in [0.717, 1.165) is 22.6 Å². The van der Waals surface area contributed by atoms with E-state index in [4.69, 9.17) is 0 Å². The van der Waals surface area contributed by atoms with Gasteiger partial charge in [-0.3, -0.25) is 0 Å². The lowest BCUT2D eigenvalue weighted by Gasteiger charge is -2.48. The minimum atomic E-state index is -3.38. The molecule has 0 amide bonds. The maximum atomic E-state index is 14.2. The van der Waals surface area contributed by atoms with Crippen LogP contribution in [0.2, 0.25) is 0 Å². The maximum Gasteiger partial charge on any atom is 0.211 e. The molecular formula is C20H17FN6O2S. The van der Waals surface area contributed by atoms with Crippen molar-refractivity contribution in [3.63, 3.8) is 0 Å². The van der Waals surface area contributed by atoms with E-state index in [-0.39, 0.29) is 19.5 Å². The molecule has 1 saturated heterocycles. The molecule has 0 aliphatic carbocycles. The smallest absolute Gasteiger partial charge is 0.211 e. The summed E-state index contributed by atoms with van der Waals surface area (Å²) in [6, 6.07) is 8.52. The third-order valence-corrected chi connectivity index (χ3v) is 6.90. The highest BCUT2D eigenvalue weighted by Gasteiger charge is 2.49. The third kappa shape index (κ3) is 2.70. The van der Waals surface area contributed by atoms with E-state index in [0.29, 0.717) is 16.9 Å². The zero-order chi connectivity index (χ0) is 21.1. The van der Waals surface area contributed by atoms with Gasteiger partial charge in [0.1, 0.15) is 17.8 Å². The minimum Gasteiger partial charge on any atom is -0.346 e. The highest BCUT2D eigenvalue weighted by molar-refractivity contribution is 7.88. The van der Waals surface area contributed by atoms with Crippen molar-refractivity contribution in [2.75, 3.05) is 19.3 Å². The fourth-order valence-electron chi connectivity index (χ4n) is 4.21. The fraction of sp³-hybridized carbons (Fsp3) is 0.250. The molecule has 0 saturated carbocycles. The second-order valence-electron chi connectivity index (χ2n) is 7.63. The Kier molecular flexibility index (Phi) is 3.96. The lowest BCUT2D eigenvalue weighted by molar-refractivity contribution is 0.0898. The number of sulfonamides is 1. The molecule has 1 aliphatic rings. The fourth-order valence-corrected chi connectivity index (χ4v) is 5.16. The predicted octanol–water partition coefficient (Wildman–Crippen LogP) is 2.60. The van der Waals surface area contributed by atoms with Crippen molar-refractivity contribution >= 4 is 32.0 Å². The summed E-state index contributed by atoms with van der Waals surface area (Å²) in [4.78, 5) is 11.7. The highest BCUT2D eigenvalue weighted by Crippen LogP contribution is 2.41. The molecule has 1 aromatic carbocycles. The van der Waals surface area contributed by atoms with Crippen molar-refractivity contribution in [3.8, 4) is 17.3 Å². The molecule has 5 rings (SSSR count). The number of aromatic amines is 1.